The summed E-state index contributed by atoms with van der Waals surface area (Å²) in [5.74, 6) is -2.08. The van der Waals surface area contributed by atoms with Crippen LogP contribution in [0.1, 0.15) is 44.7 Å². The van der Waals surface area contributed by atoms with Gasteiger partial charge in [0.15, 0.2) is 0 Å². The summed E-state index contributed by atoms with van der Waals surface area (Å²) >= 11 is 0. The van der Waals surface area contributed by atoms with Crippen LogP contribution in [-0.4, -0.2) is 36.2 Å². The summed E-state index contributed by atoms with van der Waals surface area (Å²) in [7, 11) is 0. The Hall–Kier alpha value is -3.23. The van der Waals surface area contributed by atoms with Crippen molar-refractivity contribution in [3.8, 4) is 0 Å². The molecule has 2 amide bonds. The van der Waals surface area contributed by atoms with Crippen molar-refractivity contribution in [3.63, 3.8) is 0 Å². The van der Waals surface area contributed by atoms with Crippen LogP contribution < -0.4 is 16.4 Å². The van der Waals surface area contributed by atoms with Gasteiger partial charge < -0.3 is 15.8 Å². The van der Waals surface area contributed by atoms with Crippen LogP contribution in [0.3, 0.4) is 0 Å². The minimum atomic E-state index is -0.668. The van der Waals surface area contributed by atoms with Crippen molar-refractivity contribution in [3.05, 3.63) is 70.8 Å². The summed E-state index contributed by atoms with van der Waals surface area (Å²) < 4.78 is 5.27. The highest BCUT2D eigenvalue weighted by Gasteiger charge is 2.25. The normalized spacial score (nSPS) is 15.0. The molecule has 5 N–H and O–H groups in total. The molecular formula is C21H23ClN4O4. The highest BCUT2D eigenvalue weighted by Crippen LogP contribution is 2.15. The number of rotatable bonds is 6. The van der Waals surface area contributed by atoms with Crippen LogP contribution >= 0.6 is 12.4 Å². The molecule has 1 aliphatic heterocycles. The van der Waals surface area contributed by atoms with E-state index in [1.54, 1.807) is 0 Å². The van der Waals surface area contributed by atoms with E-state index in [-0.39, 0.29) is 41.5 Å². The maximum Gasteiger partial charge on any atom is 0.338 e. The first-order valence-electron chi connectivity index (χ1n) is 9.24. The maximum atomic E-state index is 12.5. The molecule has 0 spiro atoms. The molecule has 1 aliphatic rings. The fourth-order valence-electron chi connectivity index (χ4n) is 3.07. The molecule has 3 rings (SSSR count). The van der Waals surface area contributed by atoms with Crippen molar-refractivity contribution in [1.29, 1.82) is 5.41 Å². The standard InChI is InChI=1S/C21H22N4O4.ClH/c22-18(23)16-11-14(21(28)29-12-13-5-2-1-3-6-13)8-9-15(16)19(26)25-20(27)17-7-4-10-24-17;/h1-3,5-6,8-9,11,17,24H,4,7,10,12H2,(H3,22,23)(H,25,26,27);1H/t17-;/m0./s1. The molecule has 1 saturated heterocycles. The smallest absolute Gasteiger partial charge is 0.338 e. The molecule has 1 fully saturated rings. The van der Waals surface area contributed by atoms with Gasteiger partial charge in [0.25, 0.3) is 5.91 Å². The summed E-state index contributed by atoms with van der Waals surface area (Å²) in [6.45, 7) is 0.824. The Morgan fingerprint density at radius 1 is 1.13 bits per heavy atom. The van der Waals surface area contributed by atoms with E-state index in [1.807, 2.05) is 30.3 Å². The van der Waals surface area contributed by atoms with E-state index in [2.05, 4.69) is 10.6 Å². The Labute approximate surface area is 180 Å². The minimum absolute atomic E-state index is 0. The number of esters is 1. The molecule has 8 nitrogen and oxygen atoms in total. The van der Waals surface area contributed by atoms with Crippen LogP contribution in [0.25, 0.3) is 0 Å². The Kier molecular flexibility index (Phi) is 8.08. The molecule has 0 saturated carbocycles. The number of benzene rings is 2. The lowest BCUT2D eigenvalue weighted by molar-refractivity contribution is -0.121. The van der Waals surface area contributed by atoms with Gasteiger partial charge in [-0.05, 0) is 43.1 Å². The Morgan fingerprint density at radius 2 is 1.87 bits per heavy atom. The second-order valence-electron chi connectivity index (χ2n) is 6.70. The molecule has 30 heavy (non-hydrogen) atoms. The van der Waals surface area contributed by atoms with Crippen molar-refractivity contribution in [2.24, 2.45) is 5.73 Å². The number of nitrogens with two attached hydrogens (primary N) is 1. The number of carbonyl (C=O) groups is 3. The fraction of sp³-hybridized carbons (Fsp3) is 0.238. The van der Waals surface area contributed by atoms with Crippen LogP contribution in [0.15, 0.2) is 48.5 Å². The zero-order chi connectivity index (χ0) is 20.8. The van der Waals surface area contributed by atoms with Crippen LogP contribution in [0.5, 0.6) is 0 Å². The van der Waals surface area contributed by atoms with Gasteiger partial charge in [-0.1, -0.05) is 30.3 Å². The van der Waals surface area contributed by atoms with Gasteiger partial charge in [0, 0.05) is 5.56 Å². The number of halogens is 1. The quantitative estimate of drug-likeness (QED) is 0.239. The molecule has 2 aromatic carbocycles. The van der Waals surface area contributed by atoms with Crippen molar-refractivity contribution in [2.75, 3.05) is 6.54 Å². The zero-order valence-electron chi connectivity index (χ0n) is 16.1. The van der Waals surface area contributed by atoms with Crippen LogP contribution in [0.4, 0.5) is 0 Å². The number of amides is 2. The summed E-state index contributed by atoms with van der Waals surface area (Å²) in [5.41, 5.74) is 6.69. The Morgan fingerprint density at radius 3 is 2.50 bits per heavy atom. The first-order valence-corrected chi connectivity index (χ1v) is 9.24. The van der Waals surface area contributed by atoms with Gasteiger partial charge in [-0.15, -0.1) is 12.4 Å². The second kappa shape index (κ2) is 10.5. The molecule has 1 atom stereocenters. The SMILES string of the molecule is Cl.N=C(N)c1cc(C(=O)OCc2ccccc2)ccc1C(=O)NC(=O)[C@@H]1CCCN1. The first kappa shape index (κ1) is 23.1. The predicted octanol–water partition coefficient (Wildman–Crippen LogP) is 1.76. The number of carbonyl (C=O) groups excluding carboxylic acids is 3. The van der Waals surface area contributed by atoms with Crippen molar-refractivity contribution in [1.82, 2.24) is 10.6 Å². The van der Waals surface area contributed by atoms with E-state index >= 15 is 0 Å². The molecule has 0 aromatic heterocycles. The number of amidine groups is 1. The maximum absolute atomic E-state index is 12.5. The third-order valence-corrected chi connectivity index (χ3v) is 4.62. The Balaban J connectivity index is 0.00000320. The van der Waals surface area contributed by atoms with Crippen LogP contribution in [0.2, 0.25) is 0 Å². The minimum Gasteiger partial charge on any atom is -0.457 e. The lowest BCUT2D eigenvalue weighted by atomic mass is 10.0. The van der Waals surface area contributed by atoms with Gasteiger partial charge in [-0.2, -0.15) is 0 Å². The zero-order valence-corrected chi connectivity index (χ0v) is 17.0. The van der Waals surface area contributed by atoms with E-state index in [1.165, 1.54) is 18.2 Å². The monoisotopic (exact) mass is 430 g/mol. The molecule has 0 radical (unpaired) electrons. The molecule has 0 aliphatic carbocycles. The molecule has 9 heteroatoms. The summed E-state index contributed by atoms with van der Waals surface area (Å²) in [5, 5.41) is 13.1. The molecule has 0 unspecified atom stereocenters. The molecule has 0 bridgehead atoms. The number of nitrogen functional groups attached to an aromatic ring is 1. The fourth-order valence-corrected chi connectivity index (χ4v) is 3.07. The molecule has 158 valence electrons. The van der Waals surface area contributed by atoms with Gasteiger partial charge in [0.1, 0.15) is 12.4 Å². The van der Waals surface area contributed by atoms with E-state index in [0.29, 0.717) is 6.42 Å². The van der Waals surface area contributed by atoms with Crippen molar-refractivity contribution in [2.45, 2.75) is 25.5 Å². The average Bonchev–Trinajstić information content (AvgIpc) is 3.27. The topological polar surface area (TPSA) is 134 Å². The van der Waals surface area contributed by atoms with Gasteiger partial charge >= 0.3 is 5.97 Å². The van der Waals surface area contributed by atoms with Gasteiger partial charge in [0.2, 0.25) is 5.91 Å². The number of nitrogens with one attached hydrogen (secondary N) is 3. The third kappa shape index (κ3) is 5.65. The lowest BCUT2D eigenvalue weighted by Crippen LogP contribution is -2.43. The van der Waals surface area contributed by atoms with Crippen LogP contribution in [-0.2, 0) is 16.1 Å². The first-order chi connectivity index (χ1) is 14.0. The van der Waals surface area contributed by atoms with Crippen LogP contribution in [0, 0.1) is 5.41 Å². The van der Waals surface area contributed by atoms with Crippen molar-refractivity contribution >= 4 is 36.0 Å². The number of ether oxygens (including phenoxy) is 1. The number of hydrogen-bond acceptors (Lipinski definition) is 6. The van der Waals surface area contributed by atoms with Crippen molar-refractivity contribution < 1.29 is 19.1 Å². The van der Waals surface area contributed by atoms with E-state index < -0.39 is 23.8 Å². The third-order valence-electron chi connectivity index (χ3n) is 4.62. The van der Waals surface area contributed by atoms with E-state index in [4.69, 9.17) is 15.9 Å². The molecule has 2 aromatic rings. The van der Waals surface area contributed by atoms with Gasteiger partial charge in [-0.3, -0.25) is 20.3 Å². The number of hydrogen-bond donors (Lipinski definition) is 4. The van der Waals surface area contributed by atoms with E-state index in [9.17, 15) is 14.4 Å². The van der Waals surface area contributed by atoms with Gasteiger partial charge in [0.05, 0.1) is 17.2 Å². The highest BCUT2D eigenvalue weighted by molar-refractivity contribution is 6.13. The predicted molar refractivity (Wildman–Crippen MR) is 114 cm³/mol. The Bertz CT molecular complexity index is 943. The van der Waals surface area contributed by atoms with Gasteiger partial charge in [-0.25, -0.2) is 4.79 Å². The summed E-state index contributed by atoms with van der Waals surface area (Å²) in [4.78, 5) is 37.0. The average molecular weight is 431 g/mol. The largest absolute Gasteiger partial charge is 0.457 e. The molecule has 1 heterocycles. The number of imide groups is 1. The summed E-state index contributed by atoms with van der Waals surface area (Å²) in [6.07, 6.45) is 1.52. The second-order valence-corrected chi connectivity index (χ2v) is 6.70. The molecular weight excluding hydrogens is 408 g/mol. The highest BCUT2D eigenvalue weighted by atomic mass is 35.5. The lowest BCUT2D eigenvalue weighted by Gasteiger charge is -2.13. The van der Waals surface area contributed by atoms with E-state index in [0.717, 1.165) is 18.5 Å². The summed E-state index contributed by atoms with van der Waals surface area (Å²) in [6, 6.07) is 12.9.